The van der Waals surface area contributed by atoms with Gasteiger partial charge in [-0.1, -0.05) is 20.8 Å². The maximum absolute atomic E-state index is 15.1. The van der Waals surface area contributed by atoms with Crippen molar-refractivity contribution in [1.29, 1.82) is 5.41 Å². The molecule has 188 valence electrons. The Morgan fingerprint density at radius 1 is 1.03 bits per heavy atom. The molecular formula is C27H34FN3O4. The van der Waals surface area contributed by atoms with E-state index in [0.717, 1.165) is 42.9 Å². The van der Waals surface area contributed by atoms with E-state index in [1.54, 1.807) is 18.1 Å². The lowest BCUT2D eigenvalue weighted by Gasteiger charge is -2.29. The summed E-state index contributed by atoms with van der Waals surface area (Å²) in [7, 11) is 4.48. The highest BCUT2D eigenvalue weighted by atomic mass is 19.1. The van der Waals surface area contributed by atoms with Gasteiger partial charge in [-0.3, -0.25) is 10.2 Å². The molecule has 7 nitrogen and oxygen atoms in total. The molecule has 0 amide bonds. The van der Waals surface area contributed by atoms with Crippen LogP contribution in [0.25, 0.3) is 0 Å². The van der Waals surface area contributed by atoms with Crippen LogP contribution in [0.4, 0.5) is 10.1 Å². The standard InChI is InChI=1S/C27H34FN3O4/c1-27(2,3)18-11-16(12-19(24(18)34-5)30-9-7-8-10-30)20(32)15-31-14-17-13-21(33-4)25(35-6)23(28)22(17)26(31)29/h11-13,29H,7-10,14-15H2,1-6H3. The lowest BCUT2D eigenvalue weighted by atomic mass is 9.84. The average Bonchev–Trinajstić information content (AvgIpc) is 3.46. The molecule has 35 heavy (non-hydrogen) atoms. The molecule has 0 saturated carbocycles. The van der Waals surface area contributed by atoms with Crippen molar-refractivity contribution < 1.29 is 23.4 Å². The highest BCUT2D eigenvalue weighted by molar-refractivity contribution is 6.06. The molecule has 0 bridgehead atoms. The van der Waals surface area contributed by atoms with Crippen molar-refractivity contribution in [3.63, 3.8) is 0 Å². The maximum Gasteiger partial charge on any atom is 0.197 e. The van der Waals surface area contributed by atoms with E-state index in [2.05, 4.69) is 25.7 Å². The Bertz CT molecular complexity index is 1170. The van der Waals surface area contributed by atoms with Crippen molar-refractivity contribution in [3.05, 3.63) is 46.3 Å². The SMILES string of the molecule is COc1cc2c(c(F)c1OC)C(=N)N(CC(=O)c1cc(N3CCCC3)c(OC)c(C(C)(C)C)c1)C2. The van der Waals surface area contributed by atoms with E-state index in [0.29, 0.717) is 11.1 Å². The van der Waals surface area contributed by atoms with Crippen molar-refractivity contribution in [2.45, 2.75) is 45.6 Å². The van der Waals surface area contributed by atoms with Crippen molar-refractivity contribution in [3.8, 4) is 17.2 Å². The second-order valence-electron chi connectivity index (χ2n) is 10.1. The third-order valence-electron chi connectivity index (χ3n) is 6.79. The summed E-state index contributed by atoms with van der Waals surface area (Å²) in [4.78, 5) is 17.4. The number of ether oxygens (including phenoxy) is 3. The topological polar surface area (TPSA) is 75.1 Å². The highest BCUT2D eigenvalue weighted by Gasteiger charge is 2.34. The van der Waals surface area contributed by atoms with Gasteiger partial charge in [0.05, 0.1) is 39.1 Å². The van der Waals surface area contributed by atoms with Crippen molar-refractivity contribution in [1.82, 2.24) is 4.90 Å². The van der Waals surface area contributed by atoms with Crippen LogP contribution in [0.1, 0.15) is 60.7 Å². The number of rotatable bonds is 7. The molecular weight excluding hydrogens is 449 g/mol. The number of carbonyl (C=O) groups is 1. The Morgan fingerprint density at radius 2 is 1.69 bits per heavy atom. The van der Waals surface area contributed by atoms with E-state index in [1.165, 1.54) is 14.2 Å². The number of Topliss-reactive ketones (excluding diaryl/α,β-unsaturated/α-hetero) is 1. The van der Waals surface area contributed by atoms with E-state index < -0.39 is 5.82 Å². The number of benzene rings is 2. The number of amidine groups is 1. The van der Waals surface area contributed by atoms with Crippen LogP contribution in [-0.4, -0.2) is 57.5 Å². The van der Waals surface area contributed by atoms with Crippen LogP contribution in [0.15, 0.2) is 18.2 Å². The number of hydrogen-bond acceptors (Lipinski definition) is 6. The second-order valence-corrected chi connectivity index (χ2v) is 10.1. The van der Waals surface area contributed by atoms with E-state index in [-0.39, 0.29) is 47.2 Å². The molecule has 2 heterocycles. The predicted molar refractivity (Wildman–Crippen MR) is 134 cm³/mol. The first-order valence-corrected chi connectivity index (χ1v) is 11.9. The zero-order valence-corrected chi connectivity index (χ0v) is 21.4. The summed E-state index contributed by atoms with van der Waals surface area (Å²) in [6, 6.07) is 5.48. The maximum atomic E-state index is 15.1. The van der Waals surface area contributed by atoms with E-state index in [4.69, 9.17) is 19.6 Å². The first-order valence-electron chi connectivity index (χ1n) is 11.9. The van der Waals surface area contributed by atoms with Gasteiger partial charge in [-0.15, -0.1) is 0 Å². The molecule has 0 aliphatic carbocycles. The molecule has 0 spiro atoms. The lowest BCUT2D eigenvalue weighted by molar-refractivity contribution is 0.0962. The highest BCUT2D eigenvalue weighted by Crippen LogP contribution is 2.42. The fraction of sp³-hybridized carbons (Fsp3) is 0.481. The molecule has 2 aliphatic rings. The summed E-state index contributed by atoms with van der Waals surface area (Å²) in [6.07, 6.45) is 2.21. The van der Waals surface area contributed by atoms with Gasteiger partial charge in [-0.25, -0.2) is 4.39 Å². The molecule has 0 atom stereocenters. The molecule has 0 unspecified atom stereocenters. The van der Waals surface area contributed by atoms with Gasteiger partial charge in [0.25, 0.3) is 0 Å². The molecule has 2 aromatic rings. The molecule has 0 aromatic heterocycles. The Balaban J connectivity index is 1.68. The second kappa shape index (κ2) is 9.40. The van der Waals surface area contributed by atoms with Crippen LogP contribution in [-0.2, 0) is 12.0 Å². The molecule has 0 radical (unpaired) electrons. The largest absolute Gasteiger partial charge is 0.494 e. The van der Waals surface area contributed by atoms with Gasteiger partial charge in [0.2, 0.25) is 0 Å². The first-order chi connectivity index (χ1) is 16.6. The molecule has 1 N–H and O–H groups in total. The molecule has 8 heteroatoms. The minimum absolute atomic E-state index is 0.0314. The van der Waals surface area contributed by atoms with Crippen molar-refractivity contribution in [2.24, 2.45) is 0 Å². The number of hydrogen-bond donors (Lipinski definition) is 1. The minimum atomic E-state index is -0.641. The summed E-state index contributed by atoms with van der Waals surface area (Å²) in [6.45, 7) is 8.36. The molecule has 1 fully saturated rings. The third-order valence-corrected chi connectivity index (χ3v) is 6.79. The van der Waals surface area contributed by atoms with Crippen LogP contribution in [0.5, 0.6) is 17.2 Å². The summed E-state index contributed by atoms with van der Waals surface area (Å²) in [5.41, 5.74) is 2.98. The zero-order valence-electron chi connectivity index (χ0n) is 21.4. The molecule has 4 rings (SSSR count). The van der Waals surface area contributed by atoms with Crippen LogP contribution < -0.4 is 19.1 Å². The fourth-order valence-corrected chi connectivity index (χ4v) is 4.96. The van der Waals surface area contributed by atoms with Gasteiger partial charge in [0.15, 0.2) is 23.1 Å². The first kappa shape index (κ1) is 24.8. The minimum Gasteiger partial charge on any atom is -0.494 e. The van der Waals surface area contributed by atoms with Crippen LogP contribution >= 0.6 is 0 Å². The predicted octanol–water partition coefficient (Wildman–Crippen LogP) is 4.77. The summed E-state index contributed by atoms with van der Waals surface area (Å²) in [5.74, 6) is 0.233. The molecule has 2 aliphatic heterocycles. The number of anilines is 1. The number of carbonyl (C=O) groups excluding carboxylic acids is 1. The van der Waals surface area contributed by atoms with E-state index in [9.17, 15) is 4.79 Å². The zero-order chi connectivity index (χ0) is 25.5. The van der Waals surface area contributed by atoms with Gasteiger partial charge < -0.3 is 24.0 Å². The van der Waals surface area contributed by atoms with Crippen LogP contribution in [0, 0.1) is 11.2 Å². The summed E-state index contributed by atoms with van der Waals surface area (Å²) in [5, 5.41) is 8.58. The number of methoxy groups -OCH3 is 3. The van der Waals surface area contributed by atoms with Gasteiger partial charge in [0.1, 0.15) is 11.6 Å². The Morgan fingerprint density at radius 3 is 2.26 bits per heavy atom. The van der Waals surface area contributed by atoms with Gasteiger partial charge in [0, 0.05) is 30.8 Å². The number of nitrogens with one attached hydrogen (secondary N) is 1. The quantitative estimate of drug-likeness (QED) is 0.572. The molecule has 2 aromatic carbocycles. The molecule has 1 saturated heterocycles. The number of halogens is 1. The van der Waals surface area contributed by atoms with Crippen molar-refractivity contribution in [2.75, 3.05) is 45.9 Å². The Kier molecular flexibility index (Phi) is 6.66. The van der Waals surface area contributed by atoms with Gasteiger partial charge in [-0.05, 0) is 42.0 Å². The van der Waals surface area contributed by atoms with E-state index in [1.807, 2.05) is 12.1 Å². The van der Waals surface area contributed by atoms with E-state index >= 15 is 4.39 Å². The monoisotopic (exact) mass is 483 g/mol. The third kappa shape index (κ3) is 4.42. The normalized spacial score (nSPS) is 15.5. The van der Waals surface area contributed by atoms with Crippen molar-refractivity contribution >= 4 is 17.3 Å². The van der Waals surface area contributed by atoms with Crippen LogP contribution in [0.2, 0.25) is 0 Å². The van der Waals surface area contributed by atoms with Gasteiger partial charge in [-0.2, -0.15) is 0 Å². The number of ketones is 1. The summed E-state index contributed by atoms with van der Waals surface area (Å²) < 4.78 is 31.4. The Labute approximate surface area is 206 Å². The number of nitrogens with zero attached hydrogens (tertiary/aromatic N) is 2. The number of fused-ring (bicyclic) bond motifs is 1. The average molecular weight is 484 g/mol. The summed E-state index contributed by atoms with van der Waals surface area (Å²) >= 11 is 0. The van der Waals surface area contributed by atoms with Crippen LogP contribution in [0.3, 0.4) is 0 Å². The Hall–Kier alpha value is -3.29. The smallest absolute Gasteiger partial charge is 0.197 e. The van der Waals surface area contributed by atoms with Gasteiger partial charge >= 0.3 is 0 Å². The lowest BCUT2D eigenvalue weighted by Crippen LogP contribution is -2.31. The fourth-order valence-electron chi connectivity index (χ4n) is 4.96.